The summed E-state index contributed by atoms with van der Waals surface area (Å²) < 4.78 is 0. The van der Waals surface area contributed by atoms with Crippen LogP contribution in [0, 0.1) is 16.7 Å². The zero-order chi connectivity index (χ0) is 15.8. The Morgan fingerprint density at radius 3 is 2.48 bits per heavy atom. The molecule has 1 aromatic heterocycles. The molecule has 1 aliphatic rings. The van der Waals surface area contributed by atoms with Gasteiger partial charge in [0.2, 0.25) is 5.91 Å². The summed E-state index contributed by atoms with van der Waals surface area (Å²) in [5.74, 6) is -0.868. The molecule has 1 aliphatic carbocycles. The molecule has 0 saturated heterocycles. The van der Waals surface area contributed by atoms with E-state index in [4.69, 9.17) is 5.11 Å². The van der Waals surface area contributed by atoms with E-state index >= 15 is 0 Å². The maximum atomic E-state index is 12.3. The molecule has 114 valence electrons. The molecule has 2 N–H and O–H groups in total. The molecule has 4 nitrogen and oxygen atoms in total. The molecular weight excluding hydrogens is 286 g/mol. The van der Waals surface area contributed by atoms with Crippen molar-refractivity contribution in [3.8, 4) is 0 Å². The molecular formula is C16H21NO3S. The molecule has 0 atom stereocenters. The molecule has 1 heterocycles. The van der Waals surface area contributed by atoms with E-state index in [0.29, 0.717) is 6.54 Å². The van der Waals surface area contributed by atoms with Crippen LogP contribution in [0.25, 0.3) is 6.08 Å². The Kier molecular flexibility index (Phi) is 3.97. The van der Waals surface area contributed by atoms with Crippen LogP contribution in [0.2, 0.25) is 0 Å². The van der Waals surface area contributed by atoms with Crippen LogP contribution in [0.15, 0.2) is 17.5 Å². The smallest absolute Gasteiger partial charge is 0.328 e. The van der Waals surface area contributed by atoms with E-state index < -0.39 is 5.97 Å². The summed E-state index contributed by atoms with van der Waals surface area (Å²) >= 11 is 1.52. The molecule has 0 aromatic carbocycles. The third kappa shape index (κ3) is 2.88. The molecule has 1 amide bonds. The average Bonchev–Trinajstić information content (AvgIpc) is 2.70. The SMILES string of the molecule is CC1(C)C(C(=O)NCc2sccc2/C=C/C(=O)O)C1(C)C. The first-order chi connectivity index (χ1) is 9.68. The fourth-order valence-electron chi connectivity index (χ4n) is 2.93. The van der Waals surface area contributed by atoms with Crippen molar-refractivity contribution in [1.29, 1.82) is 0 Å². The van der Waals surface area contributed by atoms with E-state index in [2.05, 4.69) is 33.0 Å². The van der Waals surface area contributed by atoms with Crippen LogP contribution in [0.4, 0.5) is 0 Å². The third-order valence-electron chi connectivity index (χ3n) is 4.89. The van der Waals surface area contributed by atoms with Crippen LogP contribution in [-0.2, 0) is 16.1 Å². The van der Waals surface area contributed by atoms with Crippen LogP contribution < -0.4 is 5.32 Å². The molecule has 5 heteroatoms. The van der Waals surface area contributed by atoms with E-state index in [1.165, 1.54) is 11.3 Å². The normalized spacial score (nSPS) is 19.6. The minimum atomic E-state index is -0.974. The molecule has 0 aliphatic heterocycles. The molecule has 0 radical (unpaired) electrons. The number of aliphatic carboxylic acids is 1. The third-order valence-corrected chi connectivity index (χ3v) is 5.83. The van der Waals surface area contributed by atoms with Gasteiger partial charge in [-0.05, 0) is 33.9 Å². The number of carbonyl (C=O) groups is 2. The number of carbonyl (C=O) groups excluding carboxylic acids is 1. The highest BCUT2D eigenvalue weighted by atomic mass is 32.1. The number of thiophene rings is 1. The summed E-state index contributed by atoms with van der Waals surface area (Å²) in [5, 5.41) is 13.5. The van der Waals surface area contributed by atoms with Gasteiger partial charge in [-0.2, -0.15) is 0 Å². The van der Waals surface area contributed by atoms with E-state index in [-0.39, 0.29) is 22.7 Å². The molecule has 0 bridgehead atoms. The van der Waals surface area contributed by atoms with Gasteiger partial charge < -0.3 is 10.4 Å². The second-order valence-corrected chi connectivity index (χ2v) is 7.57. The van der Waals surface area contributed by atoms with Gasteiger partial charge in [-0.25, -0.2) is 4.79 Å². The van der Waals surface area contributed by atoms with E-state index in [1.807, 2.05) is 11.4 Å². The van der Waals surface area contributed by atoms with Gasteiger partial charge in [0.1, 0.15) is 0 Å². The number of amides is 1. The Morgan fingerprint density at radius 1 is 1.33 bits per heavy atom. The van der Waals surface area contributed by atoms with Gasteiger partial charge in [0.15, 0.2) is 0 Å². The average molecular weight is 307 g/mol. The van der Waals surface area contributed by atoms with Crippen molar-refractivity contribution in [3.05, 3.63) is 28.0 Å². The van der Waals surface area contributed by atoms with E-state index in [1.54, 1.807) is 6.08 Å². The lowest BCUT2D eigenvalue weighted by atomic mass is 10.0. The molecule has 21 heavy (non-hydrogen) atoms. The van der Waals surface area contributed by atoms with Crippen LogP contribution in [0.3, 0.4) is 0 Å². The fraction of sp³-hybridized carbons (Fsp3) is 0.500. The fourth-order valence-corrected chi connectivity index (χ4v) is 3.73. The van der Waals surface area contributed by atoms with Crippen molar-refractivity contribution in [1.82, 2.24) is 5.32 Å². The van der Waals surface area contributed by atoms with Crippen molar-refractivity contribution in [2.45, 2.75) is 34.2 Å². The van der Waals surface area contributed by atoms with Crippen LogP contribution in [0.1, 0.15) is 38.1 Å². The van der Waals surface area contributed by atoms with Crippen LogP contribution in [0.5, 0.6) is 0 Å². The molecule has 0 spiro atoms. The van der Waals surface area contributed by atoms with Gasteiger partial charge in [0, 0.05) is 16.9 Å². The summed E-state index contributed by atoms with van der Waals surface area (Å²) in [6.07, 6.45) is 2.67. The Balaban J connectivity index is 1.98. The van der Waals surface area contributed by atoms with Crippen LogP contribution >= 0.6 is 11.3 Å². The lowest BCUT2D eigenvalue weighted by Gasteiger charge is -2.06. The summed E-state index contributed by atoms with van der Waals surface area (Å²) in [5.41, 5.74) is 0.897. The highest BCUT2D eigenvalue weighted by Gasteiger charge is 2.68. The predicted molar refractivity (Wildman–Crippen MR) is 83.9 cm³/mol. The van der Waals surface area contributed by atoms with Gasteiger partial charge >= 0.3 is 5.97 Å². The highest BCUT2D eigenvalue weighted by Crippen LogP contribution is 2.68. The van der Waals surface area contributed by atoms with Crippen LogP contribution in [-0.4, -0.2) is 17.0 Å². The maximum absolute atomic E-state index is 12.3. The van der Waals surface area contributed by atoms with Gasteiger partial charge in [0.05, 0.1) is 6.54 Å². The number of hydrogen-bond acceptors (Lipinski definition) is 3. The van der Waals surface area contributed by atoms with Gasteiger partial charge in [-0.15, -0.1) is 11.3 Å². The van der Waals surface area contributed by atoms with E-state index in [9.17, 15) is 9.59 Å². The maximum Gasteiger partial charge on any atom is 0.328 e. The molecule has 2 rings (SSSR count). The molecule has 1 aromatic rings. The molecule has 1 fully saturated rings. The van der Waals surface area contributed by atoms with Crippen molar-refractivity contribution in [2.75, 3.05) is 0 Å². The zero-order valence-electron chi connectivity index (χ0n) is 12.8. The number of carboxylic acid groups (broad SMARTS) is 1. The van der Waals surface area contributed by atoms with Gasteiger partial charge in [-0.3, -0.25) is 4.79 Å². The standard InChI is InChI=1S/C16H21NO3S/c1-15(2)13(16(15,3)4)14(20)17-9-11-10(7-8-21-11)5-6-12(18)19/h5-8,13H,9H2,1-4H3,(H,17,20)(H,18,19)/b6-5+. The Bertz CT molecular complexity index is 584. The Morgan fingerprint density at radius 2 is 1.95 bits per heavy atom. The minimum absolute atomic E-state index is 0.0264. The second kappa shape index (κ2) is 5.30. The first-order valence-corrected chi connectivity index (χ1v) is 7.81. The number of nitrogens with one attached hydrogen (secondary N) is 1. The van der Waals surface area contributed by atoms with Crippen molar-refractivity contribution < 1.29 is 14.7 Å². The quantitative estimate of drug-likeness (QED) is 0.821. The van der Waals surface area contributed by atoms with Crippen molar-refractivity contribution in [2.24, 2.45) is 16.7 Å². The summed E-state index contributed by atoms with van der Waals surface area (Å²) in [4.78, 5) is 23.8. The Hall–Kier alpha value is -1.62. The summed E-state index contributed by atoms with van der Waals surface area (Å²) in [7, 11) is 0. The number of rotatable bonds is 5. The number of hydrogen-bond donors (Lipinski definition) is 2. The topological polar surface area (TPSA) is 66.4 Å². The summed E-state index contributed by atoms with van der Waals surface area (Å²) in [6, 6.07) is 1.86. The monoisotopic (exact) mass is 307 g/mol. The van der Waals surface area contributed by atoms with Gasteiger partial charge in [-0.1, -0.05) is 27.7 Å². The molecule has 1 saturated carbocycles. The Labute approximate surface area is 128 Å². The summed E-state index contributed by atoms with van der Waals surface area (Å²) in [6.45, 7) is 8.90. The highest BCUT2D eigenvalue weighted by molar-refractivity contribution is 7.10. The first kappa shape index (κ1) is 15.8. The van der Waals surface area contributed by atoms with Crippen molar-refractivity contribution >= 4 is 29.3 Å². The first-order valence-electron chi connectivity index (χ1n) is 6.93. The predicted octanol–water partition coefficient (Wildman–Crippen LogP) is 3.14. The number of carboxylic acids is 1. The van der Waals surface area contributed by atoms with Crippen molar-refractivity contribution in [3.63, 3.8) is 0 Å². The lowest BCUT2D eigenvalue weighted by Crippen LogP contribution is -2.26. The largest absolute Gasteiger partial charge is 0.478 e. The zero-order valence-corrected chi connectivity index (χ0v) is 13.6. The minimum Gasteiger partial charge on any atom is -0.478 e. The lowest BCUT2D eigenvalue weighted by molar-refractivity contribution is -0.131. The second-order valence-electron chi connectivity index (χ2n) is 6.56. The van der Waals surface area contributed by atoms with Gasteiger partial charge in [0.25, 0.3) is 0 Å². The molecule has 0 unspecified atom stereocenters. The van der Waals surface area contributed by atoms with E-state index in [0.717, 1.165) is 16.5 Å².